The van der Waals surface area contributed by atoms with E-state index in [1.54, 1.807) is 44.5 Å². The number of carbonyl (C=O) groups is 8. The molecule has 1 aromatic carbocycles. The highest BCUT2D eigenvalue weighted by Gasteiger charge is 2.43. The van der Waals surface area contributed by atoms with Gasteiger partial charge in [0.25, 0.3) is 0 Å². The van der Waals surface area contributed by atoms with Crippen LogP contribution in [0, 0.1) is 29.1 Å². The maximum absolute atomic E-state index is 14.5. The summed E-state index contributed by atoms with van der Waals surface area (Å²) in [5.74, 6) is -3.92. The van der Waals surface area contributed by atoms with Gasteiger partial charge in [-0.15, -0.1) is 0 Å². The van der Waals surface area contributed by atoms with E-state index >= 15 is 0 Å². The Morgan fingerprint density at radius 1 is 0.795 bits per heavy atom. The van der Waals surface area contributed by atoms with Gasteiger partial charge >= 0.3 is 5.97 Å². The molecule has 0 saturated carbocycles. The molecule has 5 N–H and O–H groups in total. The van der Waals surface area contributed by atoms with Crippen LogP contribution in [0.2, 0.25) is 0 Å². The smallest absolute Gasteiger partial charge is 0.328 e. The number of ether oxygens (including phenoxy) is 3. The molecule has 1 heterocycles. The Kier molecular flexibility index (Phi) is 27.1. The number of amides is 7. The standard InChI is InChI=1S/C54H92N8O11/c1-17-35(6)46(61(14)51(68)44(33(2)3)59-50(67)45(34(4)5)60(12)13)41(71-15)32-43(64)62-29-21-25-40(62)47(72-16)36(7)48(65)58-39(31-38-23-19-18-20-24-38)49(66)55-27-22-30-73-52(69)37(8)57-42(63)26-28-56-53(70)54(9,10)11/h18-20,23-24,33-37,39-41,44-47H,17,21-22,25-32H2,1-16H3,(H,55,66)(H,56,70)(H,57,63)(H,58,65)(H,59,67)/t35-,36+,37-,39-,40-,41+,44-,45-,46-,47+/m0/s1. The molecule has 0 radical (unpaired) electrons. The number of esters is 1. The molecular formula is C54H92N8O11. The van der Waals surface area contributed by atoms with Gasteiger partial charge in [-0.2, -0.15) is 0 Å². The number of likely N-dealkylation sites (N-methyl/N-ethyl adjacent to an activating group) is 2. The molecule has 0 aromatic heterocycles. The summed E-state index contributed by atoms with van der Waals surface area (Å²) < 4.78 is 17.4. The van der Waals surface area contributed by atoms with Gasteiger partial charge < -0.3 is 50.6 Å². The Morgan fingerprint density at radius 2 is 1.44 bits per heavy atom. The topological polar surface area (TPSA) is 234 Å². The van der Waals surface area contributed by atoms with Crippen molar-refractivity contribution < 1.29 is 52.6 Å². The molecule has 2 rings (SSSR count). The number of hydrogen-bond acceptors (Lipinski definition) is 12. The van der Waals surface area contributed by atoms with Crippen LogP contribution >= 0.6 is 0 Å². The predicted molar refractivity (Wildman–Crippen MR) is 281 cm³/mol. The molecule has 10 atom stereocenters. The first-order valence-corrected chi connectivity index (χ1v) is 26.2. The van der Waals surface area contributed by atoms with Crippen LogP contribution in [0.15, 0.2) is 30.3 Å². The van der Waals surface area contributed by atoms with Gasteiger partial charge in [0.1, 0.15) is 18.1 Å². The molecule has 0 spiro atoms. The minimum absolute atomic E-state index is 0.00503. The molecule has 0 bridgehead atoms. The van der Waals surface area contributed by atoms with Crippen LogP contribution in [0.4, 0.5) is 0 Å². The molecule has 1 aliphatic heterocycles. The molecule has 0 aliphatic carbocycles. The SMILES string of the molecule is CC[C@H](C)[C@@H]([C@@H](CC(=O)N1CCC[C@H]1[C@H](OC)[C@@H](C)C(=O)N[C@@H](Cc1ccccc1)C(=O)NCCCOC(=O)[C@H](C)NC(=O)CCNC(=O)C(C)(C)C)OC)N(C)C(=O)[C@@H](NC(=O)[C@H](C(C)C)N(C)C)C(C)C. The van der Waals surface area contributed by atoms with Crippen molar-refractivity contribution in [1.29, 1.82) is 0 Å². The van der Waals surface area contributed by atoms with E-state index in [4.69, 9.17) is 14.2 Å². The van der Waals surface area contributed by atoms with Crippen molar-refractivity contribution in [2.45, 2.75) is 170 Å². The second-order valence-corrected chi connectivity index (χ2v) is 21.6. The number of nitrogens with zero attached hydrogens (tertiary/aromatic N) is 3. The van der Waals surface area contributed by atoms with Gasteiger partial charge in [-0.05, 0) is 63.6 Å². The zero-order valence-electron chi connectivity index (χ0n) is 46.9. The molecule has 0 unspecified atom stereocenters. The first-order chi connectivity index (χ1) is 34.2. The third-order valence-electron chi connectivity index (χ3n) is 13.8. The van der Waals surface area contributed by atoms with Crippen LogP contribution in [-0.2, 0) is 59.0 Å². The second kappa shape index (κ2) is 30.9. The van der Waals surface area contributed by atoms with Crippen molar-refractivity contribution >= 4 is 47.3 Å². The minimum atomic E-state index is -0.977. The molecule has 414 valence electrons. The normalized spacial score (nSPS) is 17.6. The van der Waals surface area contributed by atoms with Crippen molar-refractivity contribution in [2.75, 3.05) is 61.6 Å². The van der Waals surface area contributed by atoms with Gasteiger partial charge in [-0.1, -0.05) is 106 Å². The quantitative estimate of drug-likeness (QED) is 0.0551. The van der Waals surface area contributed by atoms with Gasteiger partial charge in [0.2, 0.25) is 41.4 Å². The van der Waals surface area contributed by atoms with E-state index in [2.05, 4.69) is 26.6 Å². The fraction of sp³-hybridized carbons (Fsp3) is 0.741. The second-order valence-electron chi connectivity index (χ2n) is 21.6. The first-order valence-electron chi connectivity index (χ1n) is 26.2. The lowest BCUT2D eigenvalue weighted by Crippen LogP contribution is -2.59. The summed E-state index contributed by atoms with van der Waals surface area (Å²) in [6.45, 7) is 20.9. The van der Waals surface area contributed by atoms with Crippen molar-refractivity contribution in [3.63, 3.8) is 0 Å². The van der Waals surface area contributed by atoms with Crippen LogP contribution in [0.25, 0.3) is 0 Å². The van der Waals surface area contributed by atoms with Crippen LogP contribution in [0.5, 0.6) is 0 Å². The van der Waals surface area contributed by atoms with Gasteiger partial charge in [-0.25, -0.2) is 4.79 Å². The maximum atomic E-state index is 14.5. The Bertz CT molecular complexity index is 1940. The summed E-state index contributed by atoms with van der Waals surface area (Å²) in [4.78, 5) is 113. The predicted octanol–water partition coefficient (Wildman–Crippen LogP) is 3.47. The summed E-state index contributed by atoms with van der Waals surface area (Å²) in [7, 11) is 8.43. The van der Waals surface area contributed by atoms with Gasteiger partial charge in [0.05, 0.1) is 49.3 Å². The van der Waals surface area contributed by atoms with Crippen molar-refractivity contribution in [2.24, 2.45) is 29.1 Å². The fourth-order valence-electron chi connectivity index (χ4n) is 9.41. The molecule has 7 amide bonds. The van der Waals surface area contributed by atoms with E-state index < -0.39 is 83.5 Å². The molecule has 19 heteroatoms. The number of methoxy groups -OCH3 is 2. The average Bonchev–Trinajstić information content (AvgIpc) is 3.81. The summed E-state index contributed by atoms with van der Waals surface area (Å²) in [5, 5.41) is 14.1. The zero-order chi connectivity index (χ0) is 55.3. The number of likely N-dealkylation sites (tertiary alicyclic amines) is 1. The summed E-state index contributed by atoms with van der Waals surface area (Å²) >= 11 is 0. The molecule has 1 saturated heterocycles. The van der Waals surface area contributed by atoms with Crippen LogP contribution in [-0.4, -0.2) is 172 Å². The highest BCUT2D eigenvalue weighted by atomic mass is 16.5. The molecule has 19 nitrogen and oxygen atoms in total. The molecule has 1 fully saturated rings. The summed E-state index contributed by atoms with van der Waals surface area (Å²) in [5.41, 5.74) is 0.225. The number of rotatable bonds is 30. The number of nitrogens with one attached hydrogen (secondary N) is 5. The Hall–Kier alpha value is -5.14. The highest BCUT2D eigenvalue weighted by Crippen LogP contribution is 2.30. The lowest BCUT2D eigenvalue weighted by molar-refractivity contribution is -0.148. The number of benzene rings is 1. The highest BCUT2D eigenvalue weighted by molar-refractivity contribution is 5.91. The minimum Gasteiger partial charge on any atom is -0.464 e. The Balaban J connectivity index is 2.16. The van der Waals surface area contributed by atoms with E-state index in [1.807, 2.05) is 90.9 Å². The van der Waals surface area contributed by atoms with Crippen LogP contribution < -0.4 is 26.6 Å². The number of carbonyl (C=O) groups excluding carboxylic acids is 8. The number of hydrogen-bond donors (Lipinski definition) is 5. The van der Waals surface area contributed by atoms with Crippen LogP contribution in [0.1, 0.15) is 120 Å². The van der Waals surface area contributed by atoms with E-state index in [-0.39, 0.29) is 86.8 Å². The molecule has 73 heavy (non-hydrogen) atoms. The lowest BCUT2D eigenvalue weighted by atomic mass is 9.89. The van der Waals surface area contributed by atoms with Crippen molar-refractivity contribution in [3.8, 4) is 0 Å². The molecule has 1 aliphatic rings. The zero-order valence-corrected chi connectivity index (χ0v) is 46.9. The van der Waals surface area contributed by atoms with Gasteiger partial charge in [0.15, 0.2) is 0 Å². The van der Waals surface area contributed by atoms with Crippen LogP contribution in [0.3, 0.4) is 0 Å². The van der Waals surface area contributed by atoms with E-state index in [0.29, 0.717) is 25.8 Å². The largest absolute Gasteiger partial charge is 0.464 e. The summed E-state index contributed by atoms with van der Waals surface area (Å²) in [6.07, 6.45) is 0.926. The third kappa shape index (κ3) is 19.9. The first kappa shape index (κ1) is 64.0. The lowest BCUT2D eigenvalue weighted by Gasteiger charge is -2.41. The summed E-state index contributed by atoms with van der Waals surface area (Å²) in [6, 6.07) is 5.14. The van der Waals surface area contributed by atoms with E-state index in [0.717, 1.165) is 5.56 Å². The maximum Gasteiger partial charge on any atom is 0.328 e. The Morgan fingerprint density at radius 3 is 1.99 bits per heavy atom. The van der Waals surface area contributed by atoms with E-state index in [1.165, 1.54) is 21.1 Å². The average molecular weight is 1030 g/mol. The van der Waals surface area contributed by atoms with E-state index in [9.17, 15) is 38.4 Å². The third-order valence-corrected chi connectivity index (χ3v) is 13.8. The molecular weight excluding hydrogens is 937 g/mol. The molecule has 1 aromatic rings. The van der Waals surface area contributed by atoms with Crippen molar-refractivity contribution in [1.82, 2.24) is 41.3 Å². The van der Waals surface area contributed by atoms with Gasteiger partial charge in [-0.3, -0.25) is 38.5 Å². The van der Waals surface area contributed by atoms with Gasteiger partial charge in [0, 0.05) is 59.2 Å². The fourth-order valence-corrected chi connectivity index (χ4v) is 9.41. The van der Waals surface area contributed by atoms with Crippen molar-refractivity contribution in [3.05, 3.63) is 35.9 Å². The Labute approximate surface area is 436 Å². The monoisotopic (exact) mass is 1030 g/mol.